The van der Waals surface area contributed by atoms with Gasteiger partial charge in [-0.3, -0.25) is 0 Å². The Hall–Kier alpha value is -1.48. The van der Waals surface area contributed by atoms with E-state index in [0.717, 1.165) is 6.07 Å². The third-order valence-electron chi connectivity index (χ3n) is 2.68. The Labute approximate surface area is 121 Å². The predicted molar refractivity (Wildman–Crippen MR) is 68.6 cm³/mol. The van der Waals surface area contributed by atoms with Gasteiger partial charge in [-0.05, 0) is 22.9 Å². The first-order valence-electron chi connectivity index (χ1n) is 5.62. The molecule has 0 fully saturated rings. The molecule has 9 heteroatoms. The summed E-state index contributed by atoms with van der Waals surface area (Å²) in [7, 11) is 1.60. The fourth-order valence-corrected chi connectivity index (χ4v) is 2.18. The number of hydrogen-bond acceptors (Lipinski definition) is 4. The number of alkyl halides is 3. The van der Waals surface area contributed by atoms with Gasteiger partial charge in [0.25, 0.3) is 0 Å². The second-order valence-electron chi connectivity index (χ2n) is 4.24. The summed E-state index contributed by atoms with van der Waals surface area (Å²) < 4.78 is 38.4. The summed E-state index contributed by atoms with van der Waals surface area (Å²) in [6, 6.07) is 3.28. The second-order valence-corrected chi connectivity index (χ2v) is 5.10. The first-order valence-corrected chi connectivity index (χ1v) is 6.42. The fourth-order valence-electron chi connectivity index (χ4n) is 1.71. The molecule has 2 rings (SSSR count). The number of halogens is 4. The van der Waals surface area contributed by atoms with Gasteiger partial charge in [0.15, 0.2) is 5.82 Å². The van der Waals surface area contributed by atoms with Gasteiger partial charge < -0.3 is 5.73 Å². The maximum Gasteiger partial charge on any atom is 0.417 e. The van der Waals surface area contributed by atoms with Crippen LogP contribution in [0.3, 0.4) is 0 Å². The highest BCUT2D eigenvalue weighted by Crippen LogP contribution is 2.36. The topological polar surface area (TPSA) is 69.6 Å². The van der Waals surface area contributed by atoms with E-state index in [2.05, 4.69) is 31.3 Å². The molecular weight excluding hydrogens is 339 g/mol. The lowest BCUT2D eigenvalue weighted by Crippen LogP contribution is -2.16. The van der Waals surface area contributed by atoms with Crippen LogP contribution in [0, 0.1) is 0 Å². The molecule has 0 aliphatic rings. The summed E-state index contributed by atoms with van der Waals surface area (Å²) in [5.41, 5.74) is 5.52. The quantitative estimate of drug-likeness (QED) is 0.922. The van der Waals surface area contributed by atoms with E-state index in [4.69, 9.17) is 5.73 Å². The molecule has 0 aliphatic carbocycles. The van der Waals surface area contributed by atoms with Crippen LogP contribution in [0.25, 0.3) is 0 Å². The van der Waals surface area contributed by atoms with Gasteiger partial charge in [0, 0.05) is 16.9 Å². The van der Waals surface area contributed by atoms with Crippen LogP contribution in [-0.2, 0) is 19.6 Å². The van der Waals surface area contributed by atoms with E-state index in [9.17, 15) is 13.2 Å². The van der Waals surface area contributed by atoms with Crippen LogP contribution in [-0.4, -0.2) is 20.2 Å². The Morgan fingerprint density at radius 3 is 2.65 bits per heavy atom. The predicted octanol–water partition coefficient (Wildman–Crippen LogP) is 2.23. The van der Waals surface area contributed by atoms with Crippen molar-refractivity contribution in [2.24, 2.45) is 12.8 Å². The third-order valence-corrected chi connectivity index (χ3v) is 3.37. The molecule has 20 heavy (non-hydrogen) atoms. The lowest BCUT2D eigenvalue weighted by atomic mass is 10.0. The average molecular weight is 350 g/mol. The monoisotopic (exact) mass is 349 g/mol. The number of aryl methyl sites for hydroxylation is 1. The van der Waals surface area contributed by atoms with Crippen molar-refractivity contribution in [2.75, 3.05) is 0 Å². The fraction of sp³-hybridized carbons (Fsp3) is 0.364. The number of aromatic nitrogens is 4. The van der Waals surface area contributed by atoms with E-state index in [1.165, 1.54) is 10.9 Å². The normalized spacial score (nSPS) is 13.5. The van der Waals surface area contributed by atoms with Crippen molar-refractivity contribution in [1.82, 2.24) is 20.2 Å². The molecule has 1 heterocycles. The van der Waals surface area contributed by atoms with Crippen molar-refractivity contribution in [3.05, 3.63) is 39.6 Å². The number of nitrogens with two attached hydrogens (primary N) is 1. The molecule has 1 aromatic carbocycles. The zero-order valence-corrected chi connectivity index (χ0v) is 12.0. The Kier molecular flexibility index (Phi) is 4.09. The van der Waals surface area contributed by atoms with E-state index in [0.29, 0.717) is 11.4 Å². The van der Waals surface area contributed by atoms with E-state index in [-0.39, 0.29) is 10.9 Å². The number of rotatable bonds is 3. The van der Waals surface area contributed by atoms with E-state index < -0.39 is 17.8 Å². The zero-order chi connectivity index (χ0) is 14.9. The second kappa shape index (κ2) is 5.49. The Balaban J connectivity index is 2.24. The summed E-state index contributed by atoms with van der Waals surface area (Å²) in [4.78, 5) is 1.27. The molecule has 108 valence electrons. The van der Waals surface area contributed by atoms with Gasteiger partial charge in [-0.15, -0.1) is 10.2 Å². The molecule has 2 aromatic rings. The molecular formula is C11H11BrF3N5. The summed E-state index contributed by atoms with van der Waals surface area (Å²) in [6.07, 6.45) is -4.22. The van der Waals surface area contributed by atoms with E-state index in [1.807, 2.05) is 0 Å². The van der Waals surface area contributed by atoms with Crippen LogP contribution in [0.2, 0.25) is 0 Å². The number of benzene rings is 1. The summed E-state index contributed by atoms with van der Waals surface area (Å²) in [5, 5.41) is 11.4. The van der Waals surface area contributed by atoms with Gasteiger partial charge in [-0.1, -0.05) is 22.0 Å². The molecule has 5 nitrogen and oxygen atoms in total. The van der Waals surface area contributed by atoms with Crippen LogP contribution < -0.4 is 5.73 Å². The summed E-state index contributed by atoms with van der Waals surface area (Å²) >= 11 is 2.89. The Morgan fingerprint density at radius 2 is 2.10 bits per heavy atom. The molecule has 1 atom stereocenters. The van der Waals surface area contributed by atoms with Crippen LogP contribution in [0.5, 0.6) is 0 Å². The highest BCUT2D eigenvalue weighted by Gasteiger charge is 2.33. The number of tetrazole rings is 1. The minimum Gasteiger partial charge on any atom is -0.324 e. The molecule has 0 saturated heterocycles. The van der Waals surface area contributed by atoms with E-state index >= 15 is 0 Å². The van der Waals surface area contributed by atoms with Crippen LogP contribution in [0.4, 0.5) is 13.2 Å². The largest absolute Gasteiger partial charge is 0.417 e. The molecule has 2 N–H and O–H groups in total. The van der Waals surface area contributed by atoms with Gasteiger partial charge >= 0.3 is 6.18 Å². The molecule has 0 saturated carbocycles. The minimum absolute atomic E-state index is 0.0152. The zero-order valence-electron chi connectivity index (χ0n) is 10.4. The molecule has 0 aliphatic heterocycles. The van der Waals surface area contributed by atoms with Crippen molar-refractivity contribution in [3.63, 3.8) is 0 Å². The van der Waals surface area contributed by atoms with Crippen LogP contribution in [0.15, 0.2) is 22.7 Å². The molecule has 1 unspecified atom stereocenters. The van der Waals surface area contributed by atoms with Gasteiger partial charge in [-0.25, -0.2) is 0 Å². The molecule has 0 radical (unpaired) electrons. The third kappa shape index (κ3) is 3.34. The summed E-state index contributed by atoms with van der Waals surface area (Å²) in [5.74, 6) is 0.386. The van der Waals surface area contributed by atoms with Crippen molar-refractivity contribution in [1.29, 1.82) is 0 Å². The van der Waals surface area contributed by atoms with Crippen molar-refractivity contribution < 1.29 is 13.2 Å². The molecule has 0 spiro atoms. The smallest absolute Gasteiger partial charge is 0.324 e. The maximum atomic E-state index is 12.8. The average Bonchev–Trinajstić information content (AvgIpc) is 2.73. The Bertz CT molecular complexity index is 610. The number of hydrogen-bond donors (Lipinski definition) is 1. The van der Waals surface area contributed by atoms with Crippen molar-refractivity contribution in [3.8, 4) is 0 Å². The summed E-state index contributed by atoms with van der Waals surface area (Å²) in [6.45, 7) is 0. The van der Waals surface area contributed by atoms with Gasteiger partial charge in [-0.2, -0.15) is 18.0 Å². The van der Waals surface area contributed by atoms with Crippen molar-refractivity contribution >= 4 is 15.9 Å². The minimum atomic E-state index is -4.43. The van der Waals surface area contributed by atoms with Gasteiger partial charge in [0.05, 0.1) is 12.6 Å². The SMILES string of the molecule is Cn1nnc(CC(N)c2ccc(Br)c(C(F)(F)F)c2)n1. The van der Waals surface area contributed by atoms with Crippen LogP contribution in [0.1, 0.15) is 23.0 Å². The lowest BCUT2D eigenvalue weighted by Gasteiger charge is -2.14. The number of nitrogens with zero attached hydrogens (tertiary/aromatic N) is 4. The maximum absolute atomic E-state index is 12.8. The van der Waals surface area contributed by atoms with Crippen molar-refractivity contribution in [2.45, 2.75) is 18.6 Å². The molecule has 0 amide bonds. The first kappa shape index (κ1) is 14.9. The van der Waals surface area contributed by atoms with Gasteiger partial charge in [0.2, 0.25) is 0 Å². The van der Waals surface area contributed by atoms with Gasteiger partial charge in [0.1, 0.15) is 0 Å². The highest BCUT2D eigenvalue weighted by atomic mass is 79.9. The van der Waals surface area contributed by atoms with Crippen LogP contribution >= 0.6 is 15.9 Å². The molecule has 0 bridgehead atoms. The van der Waals surface area contributed by atoms with E-state index in [1.54, 1.807) is 13.1 Å². The standard InChI is InChI=1S/C11H11BrF3N5/c1-20-18-10(17-19-20)5-9(16)6-2-3-8(12)7(4-6)11(13,14)15/h2-4,9H,5,16H2,1H3. The lowest BCUT2D eigenvalue weighted by molar-refractivity contribution is -0.138. The Morgan fingerprint density at radius 1 is 1.40 bits per heavy atom. The first-order chi connectivity index (χ1) is 9.27. The molecule has 1 aromatic heterocycles. The highest BCUT2D eigenvalue weighted by molar-refractivity contribution is 9.10.